The van der Waals surface area contributed by atoms with Gasteiger partial charge in [-0.3, -0.25) is 0 Å². The molecule has 1 fully saturated rings. The van der Waals surface area contributed by atoms with Crippen molar-refractivity contribution in [3.05, 3.63) is 23.8 Å². The summed E-state index contributed by atoms with van der Waals surface area (Å²) in [7, 11) is 3.37. The van der Waals surface area contributed by atoms with Gasteiger partial charge in [0.25, 0.3) is 0 Å². The Morgan fingerprint density at radius 3 is 2.63 bits per heavy atom. The van der Waals surface area contributed by atoms with E-state index in [0.29, 0.717) is 12.1 Å². The van der Waals surface area contributed by atoms with E-state index in [-0.39, 0.29) is 0 Å². The van der Waals surface area contributed by atoms with Crippen LogP contribution >= 0.6 is 0 Å². The van der Waals surface area contributed by atoms with E-state index < -0.39 is 0 Å². The van der Waals surface area contributed by atoms with Gasteiger partial charge in [0.05, 0.1) is 20.3 Å². The maximum absolute atomic E-state index is 5.56. The average molecular weight is 265 g/mol. The lowest BCUT2D eigenvalue weighted by molar-refractivity contribution is -0.0102. The Balaban J connectivity index is 1.85. The molecule has 1 saturated carbocycles. The van der Waals surface area contributed by atoms with Gasteiger partial charge in [0.15, 0.2) is 0 Å². The summed E-state index contributed by atoms with van der Waals surface area (Å²) in [5, 5.41) is 3.53. The van der Waals surface area contributed by atoms with E-state index in [2.05, 4.69) is 5.32 Å². The molecule has 4 heteroatoms. The van der Waals surface area contributed by atoms with Crippen molar-refractivity contribution in [3.63, 3.8) is 0 Å². The second kappa shape index (κ2) is 6.78. The summed E-state index contributed by atoms with van der Waals surface area (Å²) in [5.74, 6) is 1.76. The second-order valence-corrected chi connectivity index (χ2v) is 4.80. The monoisotopic (exact) mass is 265 g/mol. The van der Waals surface area contributed by atoms with E-state index >= 15 is 0 Å². The number of hydrogen-bond donors (Lipinski definition) is 1. The van der Waals surface area contributed by atoms with Gasteiger partial charge >= 0.3 is 0 Å². The normalized spacial score (nSPS) is 21.8. The Morgan fingerprint density at radius 2 is 2.00 bits per heavy atom. The number of methoxy groups -OCH3 is 2. The van der Waals surface area contributed by atoms with Crippen LogP contribution in [0.1, 0.15) is 25.3 Å². The van der Waals surface area contributed by atoms with Crippen molar-refractivity contribution in [2.24, 2.45) is 0 Å². The van der Waals surface area contributed by atoms with Gasteiger partial charge in [0.2, 0.25) is 0 Å². The van der Waals surface area contributed by atoms with Gasteiger partial charge in [-0.05, 0) is 38.0 Å². The first-order valence-electron chi connectivity index (χ1n) is 6.82. The van der Waals surface area contributed by atoms with E-state index in [9.17, 15) is 0 Å². The first-order chi connectivity index (χ1) is 9.26. The van der Waals surface area contributed by atoms with Crippen LogP contribution < -0.4 is 14.8 Å². The quantitative estimate of drug-likeness (QED) is 0.821. The second-order valence-electron chi connectivity index (χ2n) is 4.80. The third-order valence-corrected chi connectivity index (χ3v) is 3.57. The molecule has 4 nitrogen and oxygen atoms in total. The van der Waals surface area contributed by atoms with Crippen molar-refractivity contribution in [1.82, 2.24) is 5.32 Å². The minimum Gasteiger partial charge on any atom is -0.497 e. The maximum atomic E-state index is 5.56. The summed E-state index contributed by atoms with van der Waals surface area (Å²) in [5.41, 5.74) is 1.13. The van der Waals surface area contributed by atoms with Crippen LogP contribution in [0.3, 0.4) is 0 Å². The third kappa shape index (κ3) is 3.61. The SMILES string of the molecule is CCOC1CC(NCc2cc(OC)ccc2OC)C1. The molecule has 19 heavy (non-hydrogen) atoms. The highest BCUT2D eigenvalue weighted by Gasteiger charge is 2.29. The first kappa shape index (κ1) is 14.2. The van der Waals surface area contributed by atoms with E-state index in [4.69, 9.17) is 14.2 Å². The van der Waals surface area contributed by atoms with Crippen molar-refractivity contribution in [2.45, 2.75) is 38.5 Å². The zero-order valence-electron chi connectivity index (χ0n) is 11.9. The average Bonchev–Trinajstić information content (AvgIpc) is 2.40. The molecule has 0 atom stereocenters. The first-order valence-corrected chi connectivity index (χ1v) is 6.82. The molecular formula is C15H23NO3. The molecular weight excluding hydrogens is 242 g/mol. The van der Waals surface area contributed by atoms with Crippen molar-refractivity contribution >= 4 is 0 Å². The minimum absolute atomic E-state index is 0.440. The summed E-state index contributed by atoms with van der Waals surface area (Å²) in [6.45, 7) is 3.65. The fourth-order valence-electron chi connectivity index (χ4n) is 2.38. The van der Waals surface area contributed by atoms with Crippen LogP contribution in [0.4, 0.5) is 0 Å². The molecule has 0 saturated heterocycles. The minimum atomic E-state index is 0.440. The largest absolute Gasteiger partial charge is 0.497 e. The van der Waals surface area contributed by atoms with Gasteiger partial charge in [0.1, 0.15) is 11.5 Å². The molecule has 1 aromatic rings. The highest BCUT2D eigenvalue weighted by atomic mass is 16.5. The van der Waals surface area contributed by atoms with Gasteiger partial charge in [0, 0.05) is 24.8 Å². The highest BCUT2D eigenvalue weighted by Crippen LogP contribution is 2.26. The Kier molecular flexibility index (Phi) is 5.05. The highest BCUT2D eigenvalue weighted by molar-refractivity contribution is 5.40. The van der Waals surface area contributed by atoms with Crippen LogP contribution in [0.5, 0.6) is 11.5 Å². The smallest absolute Gasteiger partial charge is 0.123 e. The summed E-state index contributed by atoms with van der Waals surface area (Å²) in [6, 6.07) is 6.42. The topological polar surface area (TPSA) is 39.7 Å². The van der Waals surface area contributed by atoms with E-state index in [1.165, 1.54) is 0 Å². The van der Waals surface area contributed by atoms with Crippen molar-refractivity contribution in [1.29, 1.82) is 0 Å². The molecule has 0 spiro atoms. The zero-order chi connectivity index (χ0) is 13.7. The van der Waals surface area contributed by atoms with Crippen LogP contribution in [-0.4, -0.2) is 33.0 Å². The fraction of sp³-hybridized carbons (Fsp3) is 0.600. The van der Waals surface area contributed by atoms with Crippen LogP contribution in [-0.2, 0) is 11.3 Å². The number of hydrogen-bond acceptors (Lipinski definition) is 4. The molecule has 1 aliphatic carbocycles. The lowest BCUT2D eigenvalue weighted by Crippen LogP contribution is -2.45. The number of benzene rings is 1. The van der Waals surface area contributed by atoms with Gasteiger partial charge in [-0.1, -0.05) is 0 Å². The Hall–Kier alpha value is -1.26. The van der Waals surface area contributed by atoms with E-state index in [0.717, 1.165) is 43.1 Å². The third-order valence-electron chi connectivity index (χ3n) is 3.57. The molecule has 0 heterocycles. The van der Waals surface area contributed by atoms with Crippen LogP contribution in [0.2, 0.25) is 0 Å². The Morgan fingerprint density at radius 1 is 1.21 bits per heavy atom. The molecule has 0 amide bonds. The molecule has 0 bridgehead atoms. The van der Waals surface area contributed by atoms with Gasteiger partial charge in [-0.2, -0.15) is 0 Å². The van der Waals surface area contributed by atoms with E-state index in [1.54, 1.807) is 14.2 Å². The Bertz CT molecular complexity index is 402. The summed E-state index contributed by atoms with van der Waals surface area (Å²) >= 11 is 0. The lowest BCUT2D eigenvalue weighted by Gasteiger charge is -2.35. The van der Waals surface area contributed by atoms with Crippen molar-refractivity contribution < 1.29 is 14.2 Å². The molecule has 1 N–H and O–H groups in total. The van der Waals surface area contributed by atoms with Crippen LogP contribution in [0.15, 0.2) is 18.2 Å². The standard InChI is InChI=1S/C15H23NO3/c1-4-19-14-8-12(9-14)16-10-11-7-13(17-2)5-6-15(11)18-3/h5-7,12,14,16H,4,8-10H2,1-3H3. The fourth-order valence-corrected chi connectivity index (χ4v) is 2.38. The number of rotatable bonds is 7. The summed E-state index contributed by atoms with van der Waals surface area (Å²) in [4.78, 5) is 0. The number of nitrogens with one attached hydrogen (secondary N) is 1. The lowest BCUT2D eigenvalue weighted by atomic mass is 9.89. The van der Waals surface area contributed by atoms with E-state index in [1.807, 2.05) is 25.1 Å². The molecule has 2 rings (SSSR count). The summed E-state index contributed by atoms with van der Waals surface area (Å²) in [6.07, 6.45) is 2.63. The summed E-state index contributed by atoms with van der Waals surface area (Å²) < 4.78 is 16.2. The van der Waals surface area contributed by atoms with Gasteiger partial charge in [-0.15, -0.1) is 0 Å². The molecule has 0 radical (unpaired) electrons. The Labute approximate surface area is 115 Å². The molecule has 1 aromatic carbocycles. The molecule has 0 aromatic heterocycles. The molecule has 0 aliphatic heterocycles. The van der Waals surface area contributed by atoms with Crippen molar-refractivity contribution in [3.8, 4) is 11.5 Å². The predicted molar refractivity (Wildman–Crippen MR) is 74.8 cm³/mol. The maximum Gasteiger partial charge on any atom is 0.123 e. The van der Waals surface area contributed by atoms with Crippen LogP contribution in [0, 0.1) is 0 Å². The predicted octanol–water partition coefficient (Wildman–Crippen LogP) is 2.36. The molecule has 106 valence electrons. The molecule has 0 unspecified atom stereocenters. The molecule has 1 aliphatic rings. The van der Waals surface area contributed by atoms with Crippen molar-refractivity contribution in [2.75, 3.05) is 20.8 Å². The zero-order valence-corrected chi connectivity index (χ0v) is 11.9. The van der Waals surface area contributed by atoms with Gasteiger partial charge < -0.3 is 19.5 Å². The van der Waals surface area contributed by atoms with Crippen LogP contribution in [0.25, 0.3) is 0 Å². The number of ether oxygens (including phenoxy) is 3. The van der Waals surface area contributed by atoms with Gasteiger partial charge in [-0.25, -0.2) is 0 Å².